The zero-order valence-electron chi connectivity index (χ0n) is 18.0. The van der Waals surface area contributed by atoms with E-state index < -0.39 is 17.6 Å². The average molecular weight is 515 g/mol. The first-order chi connectivity index (χ1) is 15.3. The Morgan fingerprint density at radius 3 is 2.59 bits per heavy atom. The number of nitrogens with one attached hydrogen (secondary N) is 1. The minimum Gasteiger partial charge on any atom is -0.490 e. The van der Waals surface area contributed by atoms with Crippen molar-refractivity contribution in [3.8, 4) is 11.5 Å². The molecule has 32 heavy (non-hydrogen) atoms. The van der Waals surface area contributed by atoms with Crippen molar-refractivity contribution in [1.82, 2.24) is 5.43 Å². The second kappa shape index (κ2) is 12.5. The van der Waals surface area contributed by atoms with Gasteiger partial charge in [-0.1, -0.05) is 32.3 Å². The molecule has 2 aromatic rings. The van der Waals surface area contributed by atoms with Crippen LogP contribution in [0.15, 0.2) is 46.0 Å². The molecule has 0 saturated heterocycles. The van der Waals surface area contributed by atoms with Crippen molar-refractivity contribution < 1.29 is 27.4 Å². The van der Waals surface area contributed by atoms with E-state index in [9.17, 15) is 18.0 Å². The summed E-state index contributed by atoms with van der Waals surface area (Å²) in [7, 11) is 0. The Morgan fingerprint density at radius 1 is 1.12 bits per heavy atom. The van der Waals surface area contributed by atoms with Crippen LogP contribution in [0.25, 0.3) is 0 Å². The summed E-state index contributed by atoms with van der Waals surface area (Å²) in [6.07, 6.45) is 1.19. The highest BCUT2D eigenvalue weighted by Gasteiger charge is 2.30. The van der Waals surface area contributed by atoms with Crippen molar-refractivity contribution in [2.24, 2.45) is 5.10 Å². The molecule has 2 rings (SSSR count). The fourth-order valence-corrected chi connectivity index (χ4v) is 3.41. The van der Waals surface area contributed by atoms with Crippen LogP contribution in [-0.2, 0) is 6.18 Å². The number of alkyl halides is 3. The molecule has 2 aromatic carbocycles. The van der Waals surface area contributed by atoms with Gasteiger partial charge >= 0.3 is 6.18 Å². The normalized spacial score (nSPS) is 11.6. The van der Waals surface area contributed by atoms with Gasteiger partial charge in [-0.3, -0.25) is 4.79 Å². The van der Waals surface area contributed by atoms with Gasteiger partial charge in [-0.05, 0) is 65.2 Å². The maximum atomic E-state index is 12.8. The number of carbonyl (C=O) groups is 1. The van der Waals surface area contributed by atoms with E-state index in [4.69, 9.17) is 9.47 Å². The van der Waals surface area contributed by atoms with Gasteiger partial charge in [0.1, 0.15) is 0 Å². The molecule has 0 aromatic heterocycles. The number of nitrogens with zero attached hydrogens (tertiary/aromatic N) is 1. The molecule has 0 aliphatic rings. The summed E-state index contributed by atoms with van der Waals surface area (Å²) < 4.78 is 50.7. The average Bonchev–Trinajstić information content (AvgIpc) is 2.75. The third-order valence-electron chi connectivity index (χ3n) is 4.41. The molecule has 1 amide bonds. The first kappa shape index (κ1) is 25.7. The Labute approximate surface area is 194 Å². The predicted molar refractivity (Wildman–Crippen MR) is 121 cm³/mol. The summed E-state index contributed by atoms with van der Waals surface area (Å²) in [5.74, 6) is 0.375. The van der Waals surface area contributed by atoms with E-state index in [1.807, 2.05) is 6.92 Å². The van der Waals surface area contributed by atoms with Crippen molar-refractivity contribution in [2.45, 2.75) is 45.7 Å². The third-order valence-corrected chi connectivity index (χ3v) is 5.00. The number of amides is 1. The monoisotopic (exact) mass is 514 g/mol. The predicted octanol–water partition coefficient (Wildman–Crippen LogP) is 6.59. The number of rotatable bonds is 11. The highest BCUT2D eigenvalue weighted by atomic mass is 79.9. The van der Waals surface area contributed by atoms with Gasteiger partial charge in [-0.15, -0.1) is 0 Å². The number of ether oxygens (including phenoxy) is 2. The number of carbonyl (C=O) groups excluding carboxylic acids is 1. The lowest BCUT2D eigenvalue weighted by Gasteiger charge is -2.14. The summed E-state index contributed by atoms with van der Waals surface area (Å²) in [6, 6.07) is 7.62. The Kier molecular flexibility index (Phi) is 10.0. The Morgan fingerprint density at radius 2 is 1.91 bits per heavy atom. The van der Waals surface area contributed by atoms with Gasteiger partial charge in [-0.2, -0.15) is 18.3 Å². The van der Waals surface area contributed by atoms with Crippen molar-refractivity contribution >= 4 is 28.1 Å². The smallest absolute Gasteiger partial charge is 0.416 e. The number of halogens is 4. The highest BCUT2D eigenvalue weighted by molar-refractivity contribution is 9.10. The minimum absolute atomic E-state index is 0.139. The van der Waals surface area contributed by atoms with E-state index in [2.05, 4.69) is 33.4 Å². The van der Waals surface area contributed by atoms with Crippen molar-refractivity contribution in [2.75, 3.05) is 13.2 Å². The lowest BCUT2D eigenvalue weighted by atomic mass is 10.1. The standard InChI is InChI=1S/C23H26BrF3N2O3/c1-3-5-6-7-11-32-21-19(24)12-16(13-20(21)31-4-2)15-28-29-22(30)17-9-8-10-18(14-17)23(25,26)27/h8-10,12-15H,3-7,11H2,1-2H3,(H,29,30)/b28-15+. The van der Waals surface area contributed by atoms with Crippen molar-refractivity contribution in [1.29, 1.82) is 0 Å². The largest absolute Gasteiger partial charge is 0.490 e. The third kappa shape index (κ3) is 7.85. The lowest BCUT2D eigenvalue weighted by Crippen LogP contribution is -2.18. The zero-order valence-corrected chi connectivity index (χ0v) is 19.6. The molecule has 9 heteroatoms. The Bertz CT molecular complexity index is 933. The quantitative estimate of drug-likeness (QED) is 0.209. The minimum atomic E-state index is -4.53. The SMILES string of the molecule is CCCCCCOc1c(Br)cc(/C=N/NC(=O)c2cccc(C(F)(F)F)c2)cc1OCC. The summed E-state index contributed by atoms with van der Waals surface area (Å²) in [5.41, 5.74) is 1.82. The molecule has 0 radical (unpaired) electrons. The van der Waals surface area contributed by atoms with E-state index >= 15 is 0 Å². The Balaban J connectivity index is 2.07. The van der Waals surface area contributed by atoms with Gasteiger partial charge in [-0.25, -0.2) is 5.43 Å². The fraction of sp³-hybridized carbons (Fsp3) is 0.391. The van der Waals surface area contributed by atoms with Crippen LogP contribution >= 0.6 is 15.9 Å². The molecular weight excluding hydrogens is 489 g/mol. The van der Waals surface area contributed by atoms with Crippen LogP contribution in [-0.4, -0.2) is 25.3 Å². The maximum absolute atomic E-state index is 12.8. The van der Waals surface area contributed by atoms with E-state index in [0.717, 1.165) is 37.8 Å². The fourth-order valence-electron chi connectivity index (χ4n) is 2.84. The highest BCUT2D eigenvalue weighted by Crippen LogP contribution is 2.37. The van der Waals surface area contributed by atoms with Crippen molar-refractivity contribution in [3.63, 3.8) is 0 Å². The molecule has 0 spiro atoms. The summed E-state index contributed by atoms with van der Waals surface area (Å²) in [4.78, 5) is 12.2. The molecule has 5 nitrogen and oxygen atoms in total. The van der Waals surface area contributed by atoms with Crippen LogP contribution in [0.5, 0.6) is 11.5 Å². The Hall–Kier alpha value is -2.55. The second-order valence-corrected chi connectivity index (χ2v) is 7.80. The van der Waals surface area contributed by atoms with Crippen LogP contribution in [0, 0.1) is 0 Å². The van der Waals surface area contributed by atoms with Gasteiger partial charge in [0.25, 0.3) is 5.91 Å². The van der Waals surface area contributed by atoms with Gasteiger partial charge in [0.2, 0.25) is 0 Å². The number of benzene rings is 2. The first-order valence-corrected chi connectivity index (χ1v) is 11.1. The molecule has 0 atom stereocenters. The topological polar surface area (TPSA) is 59.9 Å². The second-order valence-electron chi connectivity index (χ2n) is 6.95. The molecule has 0 aliphatic carbocycles. The van der Waals surface area contributed by atoms with Gasteiger partial charge in [0.15, 0.2) is 11.5 Å². The van der Waals surface area contributed by atoms with E-state index in [1.54, 1.807) is 12.1 Å². The molecule has 0 aliphatic heterocycles. The van der Waals surface area contributed by atoms with Crippen LogP contribution in [0.4, 0.5) is 13.2 Å². The summed E-state index contributed by atoms with van der Waals surface area (Å²) in [6.45, 7) is 5.01. The van der Waals surface area contributed by atoms with Crippen LogP contribution in [0.1, 0.15) is 61.0 Å². The number of hydrogen-bond acceptors (Lipinski definition) is 4. The number of hydrazone groups is 1. The van der Waals surface area contributed by atoms with E-state index in [0.29, 0.717) is 34.7 Å². The lowest BCUT2D eigenvalue weighted by molar-refractivity contribution is -0.137. The molecule has 0 saturated carbocycles. The number of unbranched alkanes of at least 4 members (excludes halogenated alkanes) is 3. The maximum Gasteiger partial charge on any atom is 0.416 e. The molecule has 0 fully saturated rings. The van der Waals surface area contributed by atoms with Gasteiger partial charge in [0, 0.05) is 5.56 Å². The number of hydrogen-bond donors (Lipinski definition) is 1. The zero-order chi connectivity index (χ0) is 23.6. The molecule has 0 bridgehead atoms. The van der Waals surface area contributed by atoms with Gasteiger partial charge < -0.3 is 9.47 Å². The van der Waals surface area contributed by atoms with E-state index in [-0.39, 0.29) is 5.56 Å². The summed E-state index contributed by atoms with van der Waals surface area (Å²) >= 11 is 3.47. The van der Waals surface area contributed by atoms with Crippen LogP contribution in [0.2, 0.25) is 0 Å². The van der Waals surface area contributed by atoms with Crippen LogP contribution < -0.4 is 14.9 Å². The molecular formula is C23H26BrF3N2O3. The van der Waals surface area contributed by atoms with Gasteiger partial charge in [0.05, 0.1) is 29.5 Å². The molecule has 0 unspecified atom stereocenters. The van der Waals surface area contributed by atoms with E-state index in [1.165, 1.54) is 18.3 Å². The first-order valence-electron chi connectivity index (χ1n) is 10.4. The van der Waals surface area contributed by atoms with Crippen molar-refractivity contribution in [3.05, 3.63) is 57.6 Å². The van der Waals surface area contributed by atoms with Crippen LogP contribution in [0.3, 0.4) is 0 Å². The molecule has 0 heterocycles. The summed E-state index contributed by atoms with van der Waals surface area (Å²) in [5, 5.41) is 3.85. The molecule has 1 N–H and O–H groups in total. The molecule has 174 valence electrons.